The van der Waals surface area contributed by atoms with E-state index in [1.165, 1.54) is 0 Å². The van der Waals surface area contributed by atoms with Gasteiger partial charge in [0.2, 0.25) is 5.91 Å². The minimum Gasteiger partial charge on any atom is -0.489 e. The fourth-order valence-corrected chi connectivity index (χ4v) is 3.35. The number of guanidine groups is 1. The first-order valence-electron chi connectivity index (χ1n) is 9.69. The summed E-state index contributed by atoms with van der Waals surface area (Å²) in [4.78, 5) is 17.5. The minimum atomic E-state index is -0.794. The van der Waals surface area contributed by atoms with Crippen molar-refractivity contribution >= 4 is 59.0 Å². The molecule has 2 rings (SSSR count). The molecule has 30 heavy (non-hydrogen) atoms. The van der Waals surface area contributed by atoms with Gasteiger partial charge >= 0.3 is 0 Å². The highest BCUT2D eigenvalue weighted by Gasteiger charge is 2.21. The third kappa shape index (κ3) is 9.42. The van der Waals surface area contributed by atoms with Crippen LogP contribution in [-0.2, 0) is 4.79 Å². The number of piperidine rings is 1. The highest BCUT2D eigenvalue weighted by molar-refractivity contribution is 14.0. The summed E-state index contributed by atoms with van der Waals surface area (Å²) in [7, 11) is 0. The molecule has 0 aromatic heterocycles. The van der Waals surface area contributed by atoms with Crippen LogP contribution in [0, 0.1) is 0 Å². The summed E-state index contributed by atoms with van der Waals surface area (Å²) < 4.78 is 5.55. The lowest BCUT2D eigenvalue weighted by Gasteiger charge is -2.32. The fourth-order valence-electron chi connectivity index (χ4n) is 3.00. The number of carbonyl (C=O) groups excluding carboxylic acids is 1. The quantitative estimate of drug-likeness (QED) is 0.204. The number of hydrogen-bond donors (Lipinski definition) is 4. The van der Waals surface area contributed by atoms with Crippen molar-refractivity contribution in [3.63, 3.8) is 0 Å². The molecule has 1 aromatic carbocycles. The van der Waals surface area contributed by atoms with Crippen molar-refractivity contribution in [2.75, 3.05) is 39.3 Å². The Labute approximate surface area is 204 Å². The van der Waals surface area contributed by atoms with E-state index in [-0.39, 0.29) is 49.1 Å². The SMILES string of the molecule is CCNC(=NCC(O)COc1cccc(Cl)c1Cl)NC1CCN(CC(N)=O)CC1.I. The maximum Gasteiger partial charge on any atom is 0.231 e. The first-order valence-corrected chi connectivity index (χ1v) is 10.4. The predicted molar refractivity (Wildman–Crippen MR) is 131 cm³/mol. The number of aliphatic imine (C=N–C) groups is 1. The van der Waals surface area contributed by atoms with Gasteiger partial charge in [0.1, 0.15) is 23.5 Å². The second-order valence-electron chi connectivity index (χ2n) is 6.90. The van der Waals surface area contributed by atoms with Gasteiger partial charge in [0.25, 0.3) is 0 Å². The fraction of sp³-hybridized carbons (Fsp3) is 0.579. The van der Waals surface area contributed by atoms with Crippen molar-refractivity contribution in [2.45, 2.75) is 31.9 Å². The van der Waals surface area contributed by atoms with Crippen LogP contribution in [0.25, 0.3) is 0 Å². The molecule has 1 heterocycles. The highest BCUT2D eigenvalue weighted by atomic mass is 127. The highest BCUT2D eigenvalue weighted by Crippen LogP contribution is 2.31. The monoisotopic (exact) mass is 573 g/mol. The van der Waals surface area contributed by atoms with Crippen molar-refractivity contribution < 1.29 is 14.6 Å². The third-order valence-corrected chi connectivity index (χ3v) is 5.26. The molecule has 8 nitrogen and oxygen atoms in total. The summed E-state index contributed by atoms with van der Waals surface area (Å²) >= 11 is 12.0. The molecule has 1 aliphatic rings. The number of aliphatic hydroxyl groups is 1. The van der Waals surface area contributed by atoms with Crippen LogP contribution in [0.4, 0.5) is 0 Å². The number of hydrogen-bond acceptors (Lipinski definition) is 5. The maximum absolute atomic E-state index is 11.0. The Kier molecular flexibility index (Phi) is 12.7. The molecular formula is C19H30Cl2IN5O3. The smallest absolute Gasteiger partial charge is 0.231 e. The van der Waals surface area contributed by atoms with Gasteiger partial charge < -0.3 is 26.2 Å². The van der Waals surface area contributed by atoms with E-state index in [2.05, 4.69) is 15.6 Å². The van der Waals surface area contributed by atoms with Crippen LogP contribution in [0.5, 0.6) is 5.75 Å². The molecule has 11 heteroatoms. The van der Waals surface area contributed by atoms with E-state index in [1.54, 1.807) is 18.2 Å². The van der Waals surface area contributed by atoms with Gasteiger partial charge in [0.05, 0.1) is 18.1 Å². The largest absolute Gasteiger partial charge is 0.489 e. The van der Waals surface area contributed by atoms with Crippen LogP contribution in [0.3, 0.4) is 0 Å². The van der Waals surface area contributed by atoms with Crippen molar-refractivity contribution in [1.82, 2.24) is 15.5 Å². The van der Waals surface area contributed by atoms with Crippen molar-refractivity contribution in [3.8, 4) is 5.75 Å². The zero-order valence-electron chi connectivity index (χ0n) is 16.9. The lowest BCUT2D eigenvalue weighted by Crippen LogP contribution is -2.50. The molecule has 1 aliphatic heterocycles. The molecule has 0 saturated carbocycles. The van der Waals surface area contributed by atoms with Crippen molar-refractivity contribution in [2.24, 2.45) is 10.7 Å². The Morgan fingerprint density at radius 3 is 2.73 bits per heavy atom. The van der Waals surface area contributed by atoms with Crippen LogP contribution in [0.1, 0.15) is 19.8 Å². The second kappa shape index (κ2) is 14.1. The minimum absolute atomic E-state index is 0. The van der Waals surface area contributed by atoms with Crippen LogP contribution >= 0.6 is 47.2 Å². The standard InChI is InChI=1S/C19H29Cl2N5O3.HI/c1-2-23-19(25-13-6-8-26(9-7-13)11-17(22)28)24-10-14(27)12-29-16-5-3-4-15(20)18(16)21;/h3-5,13-14,27H,2,6-12H2,1H3,(H2,22,28)(H2,23,24,25);1H. The van der Waals surface area contributed by atoms with Gasteiger partial charge in [-0.3, -0.25) is 14.7 Å². The molecule has 1 atom stereocenters. The number of ether oxygens (including phenoxy) is 1. The number of rotatable bonds is 9. The van der Waals surface area contributed by atoms with Gasteiger partial charge in [-0.2, -0.15) is 0 Å². The van der Waals surface area contributed by atoms with Crippen molar-refractivity contribution in [3.05, 3.63) is 28.2 Å². The maximum atomic E-state index is 11.0. The van der Waals surface area contributed by atoms with Gasteiger partial charge in [-0.25, -0.2) is 0 Å². The summed E-state index contributed by atoms with van der Waals surface area (Å²) in [6.45, 7) is 4.81. The number of amides is 1. The van der Waals surface area contributed by atoms with E-state index in [4.69, 9.17) is 33.7 Å². The molecule has 0 radical (unpaired) electrons. The normalized spacial score (nSPS) is 16.5. The van der Waals surface area contributed by atoms with Gasteiger partial charge in [0.15, 0.2) is 5.96 Å². The molecule has 1 aromatic rings. The van der Waals surface area contributed by atoms with E-state index in [1.807, 2.05) is 11.8 Å². The molecule has 1 unspecified atom stereocenters. The van der Waals surface area contributed by atoms with Crippen LogP contribution < -0.4 is 21.1 Å². The third-order valence-electron chi connectivity index (χ3n) is 4.46. The first-order chi connectivity index (χ1) is 13.9. The predicted octanol–water partition coefficient (Wildman–Crippen LogP) is 1.86. The van der Waals surface area contributed by atoms with E-state index < -0.39 is 6.10 Å². The Bertz CT molecular complexity index is 703. The van der Waals surface area contributed by atoms with Gasteiger partial charge in [-0.15, -0.1) is 24.0 Å². The van der Waals surface area contributed by atoms with E-state index in [9.17, 15) is 9.90 Å². The Hall–Kier alpha value is -1.01. The number of halogens is 3. The molecule has 5 N–H and O–H groups in total. The first kappa shape index (κ1) is 27.0. The Morgan fingerprint density at radius 1 is 1.40 bits per heavy atom. The van der Waals surface area contributed by atoms with Crippen molar-refractivity contribution in [1.29, 1.82) is 0 Å². The van der Waals surface area contributed by atoms with E-state index >= 15 is 0 Å². The average Bonchev–Trinajstić information content (AvgIpc) is 2.68. The number of carbonyl (C=O) groups is 1. The number of primary amides is 1. The molecule has 1 fully saturated rings. The van der Waals surface area contributed by atoms with Gasteiger partial charge in [-0.1, -0.05) is 29.3 Å². The summed E-state index contributed by atoms with van der Waals surface area (Å²) in [6, 6.07) is 5.34. The number of nitrogens with one attached hydrogen (secondary N) is 2. The molecule has 0 aliphatic carbocycles. The van der Waals surface area contributed by atoms with Gasteiger partial charge in [-0.05, 0) is 31.9 Å². The number of benzene rings is 1. The van der Waals surface area contributed by atoms with E-state index in [0.29, 0.717) is 34.8 Å². The molecule has 0 spiro atoms. The average molecular weight is 574 g/mol. The number of likely N-dealkylation sites (tertiary alicyclic amines) is 1. The molecule has 170 valence electrons. The summed E-state index contributed by atoms with van der Waals surface area (Å²) in [5, 5.41) is 17.5. The lowest BCUT2D eigenvalue weighted by molar-refractivity contribution is -0.119. The number of nitrogens with zero attached hydrogens (tertiary/aromatic N) is 2. The lowest BCUT2D eigenvalue weighted by atomic mass is 10.1. The topological polar surface area (TPSA) is 112 Å². The van der Waals surface area contributed by atoms with E-state index in [0.717, 1.165) is 25.9 Å². The number of aliphatic hydroxyl groups excluding tert-OH is 1. The summed E-state index contributed by atoms with van der Waals surface area (Å²) in [5.74, 6) is 0.761. The van der Waals surface area contributed by atoms with Crippen LogP contribution in [0.15, 0.2) is 23.2 Å². The summed E-state index contributed by atoms with van der Waals surface area (Å²) in [5.41, 5.74) is 5.25. The Balaban J connectivity index is 0.00000450. The molecule has 1 amide bonds. The Morgan fingerprint density at radius 2 is 2.10 bits per heavy atom. The molecule has 0 bridgehead atoms. The molecular weight excluding hydrogens is 544 g/mol. The van der Waals surface area contributed by atoms with Gasteiger partial charge in [0, 0.05) is 25.7 Å². The zero-order chi connectivity index (χ0) is 21.2. The molecule has 1 saturated heterocycles. The summed E-state index contributed by atoms with van der Waals surface area (Å²) in [6.07, 6.45) is 0.977. The zero-order valence-corrected chi connectivity index (χ0v) is 20.8. The second-order valence-corrected chi connectivity index (χ2v) is 7.68. The van der Waals surface area contributed by atoms with Crippen LogP contribution in [-0.4, -0.2) is 73.3 Å². The van der Waals surface area contributed by atoms with Crippen LogP contribution in [0.2, 0.25) is 10.0 Å². The number of nitrogens with two attached hydrogens (primary N) is 1.